The Balaban J connectivity index is 1.60. The standard InChI is InChI=1S/C14H20N2O2S/c1-15-14(17)13-5-4-11-12(18-13)6-7-16(11)9-10-3-2-8-19-10/h2-3,8,11-13H,4-7,9H2,1H3,(H,15,17)/t11-,12-,13-/m0/s1. The van der Waals surface area contributed by atoms with Gasteiger partial charge in [0.15, 0.2) is 0 Å². The van der Waals surface area contributed by atoms with Crippen LogP contribution < -0.4 is 5.32 Å². The summed E-state index contributed by atoms with van der Waals surface area (Å²) in [6, 6.07) is 4.78. The molecule has 0 saturated carbocycles. The lowest BCUT2D eigenvalue weighted by atomic mass is 9.98. The first kappa shape index (κ1) is 13.1. The highest BCUT2D eigenvalue weighted by Crippen LogP contribution is 2.32. The van der Waals surface area contributed by atoms with E-state index < -0.39 is 0 Å². The van der Waals surface area contributed by atoms with E-state index in [1.807, 2.05) is 11.3 Å². The number of nitrogens with one attached hydrogen (secondary N) is 1. The van der Waals surface area contributed by atoms with E-state index in [1.165, 1.54) is 4.88 Å². The highest BCUT2D eigenvalue weighted by atomic mass is 32.1. The Morgan fingerprint density at radius 2 is 2.42 bits per heavy atom. The molecule has 2 aliphatic heterocycles. The molecule has 0 unspecified atom stereocenters. The molecule has 2 fully saturated rings. The molecule has 1 amide bonds. The fourth-order valence-corrected chi connectivity index (χ4v) is 3.90. The number of fused-ring (bicyclic) bond motifs is 1. The lowest BCUT2D eigenvalue weighted by Gasteiger charge is -2.35. The Kier molecular flexibility index (Phi) is 3.86. The quantitative estimate of drug-likeness (QED) is 0.915. The van der Waals surface area contributed by atoms with Gasteiger partial charge in [0.1, 0.15) is 6.10 Å². The Labute approximate surface area is 117 Å². The third-order valence-corrected chi connectivity index (χ3v) is 5.00. The zero-order valence-corrected chi connectivity index (χ0v) is 12.0. The third-order valence-electron chi connectivity index (χ3n) is 4.14. The molecular formula is C14H20N2O2S. The minimum absolute atomic E-state index is 0.0233. The van der Waals surface area contributed by atoms with Crippen molar-refractivity contribution in [3.8, 4) is 0 Å². The minimum Gasteiger partial charge on any atom is -0.363 e. The molecule has 0 bridgehead atoms. The summed E-state index contributed by atoms with van der Waals surface area (Å²) in [5.74, 6) is 0.0233. The van der Waals surface area contributed by atoms with E-state index in [4.69, 9.17) is 4.74 Å². The van der Waals surface area contributed by atoms with Crippen molar-refractivity contribution in [3.63, 3.8) is 0 Å². The van der Waals surface area contributed by atoms with E-state index in [0.29, 0.717) is 6.04 Å². The third kappa shape index (κ3) is 2.68. The predicted octanol–water partition coefficient (Wildman–Crippen LogP) is 1.62. The number of hydrogen-bond acceptors (Lipinski definition) is 4. The first-order chi connectivity index (χ1) is 9.28. The lowest BCUT2D eigenvalue weighted by Crippen LogP contribution is -2.46. The first-order valence-corrected chi connectivity index (χ1v) is 7.79. The predicted molar refractivity (Wildman–Crippen MR) is 75.1 cm³/mol. The molecule has 3 rings (SSSR count). The van der Waals surface area contributed by atoms with E-state index in [0.717, 1.165) is 32.4 Å². The Morgan fingerprint density at radius 1 is 1.53 bits per heavy atom. The molecular weight excluding hydrogens is 260 g/mol. The molecule has 1 aromatic heterocycles. The first-order valence-electron chi connectivity index (χ1n) is 6.91. The summed E-state index contributed by atoms with van der Waals surface area (Å²) in [4.78, 5) is 15.6. The molecule has 3 atom stereocenters. The second-order valence-electron chi connectivity index (χ2n) is 5.26. The number of carbonyl (C=O) groups is 1. The fourth-order valence-electron chi connectivity index (χ4n) is 3.17. The molecule has 0 spiro atoms. The highest BCUT2D eigenvalue weighted by molar-refractivity contribution is 7.09. The van der Waals surface area contributed by atoms with Crippen molar-refractivity contribution >= 4 is 17.2 Å². The number of rotatable bonds is 3. The van der Waals surface area contributed by atoms with Gasteiger partial charge in [-0.1, -0.05) is 6.07 Å². The highest BCUT2D eigenvalue weighted by Gasteiger charge is 2.41. The molecule has 4 nitrogen and oxygen atoms in total. The second-order valence-corrected chi connectivity index (χ2v) is 6.29. The molecule has 5 heteroatoms. The number of carbonyl (C=O) groups excluding carboxylic acids is 1. The van der Waals surface area contributed by atoms with Crippen LogP contribution in [-0.2, 0) is 16.1 Å². The van der Waals surface area contributed by atoms with Crippen molar-refractivity contribution in [2.75, 3.05) is 13.6 Å². The average Bonchev–Trinajstić information content (AvgIpc) is 3.08. The van der Waals surface area contributed by atoms with Crippen LogP contribution in [0.25, 0.3) is 0 Å². The van der Waals surface area contributed by atoms with E-state index >= 15 is 0 Å². The second kappa shape index (κ2) is 5.61. The van der Waals surface area contributed by atoms with Crippen molar-refractivity contribution in [2.45, 2.75) is 44.1 Å². The van der Waals surface area contributed by atoms with Crippen LogP contribution >= 0.6 is 11.3 Å². The van der Waals surface area contributed by atoms with Gasteiger partial charge >= 0.3 is 0 Å². The van der Waals surface area contributed by atoms with Crippen molar-refractivity contribution in [2.24, 2.45) is 0 Å². The molecule has 104 valence electrons. The number of ether oxygens (including phenoxy) is 1. The van der Waals surface area contributed by atoms with Crippen LogP contribution in [0.15, 0.2) is 17.5 Å². The topological polar surface area (TPSA) is 41.6 Å². The Morgan fingerprint density at radius 3 is 3.16 bits per heavy atom. The van der Waals surface area contributed by atoms with Crippen LogP contribution in [0.2, 0.25) is 0 Å². The van der Waals surface area contributed by atoms with Gasteiger partial charge in [0, 0.05) is 31.1 Å². The molecule has 2 aliphatic rings. The Bertz CT molecular complexity index is 435. The Hall–Kier alpha value is -0.910. The fraction of sp³-hybridized carbons (Fsp3) is 0.643. The van der Waals surface area contributed by atoms with E-state index in [-0.39, 0.29) is 18.1 Å². The summed E-state index contributed by atoms with van der Waals surface area (Å²) in [5.41, 5.74) is 0. The van der Waals surface area contributed by atoms with Gasteiger partial charge in [-0.3, -0.25) is 9.69 Å². The number of likely N-dealkylation sites (tertiary alicyclic amines) is 1. The van der Waals surface area contributed by atoms with Crippen molar-refractivity contribution in [1.82, 2.24) is 10.2 Å². The summed E-state index contributed by atoms with van der Waals surface area (Å²) in [6.07, 6.45) is 2.93. The van der Waals surface area contributed by atoms with Gasteiger partial charge in [-0.15, -0.1) is 11.3 Å². The van der Waals surface area contributed by atoms with Gasteiger partial charge in [0.05, 0.1) is 6.10 Å². The normalized spacial score (nSPS) is 31.1. The molecule has 0 aromatic carbocycles. The van der Waals surface area contributed by atoms with E-state index in [2.05, 4.69) is 27.7 Å². The maximum atomic E-state index is 11.6. The number of nitrogens with zero attached hydrogens (tertiary/aromatic N) is 1. The lowest BCUT2D eigenvalue weighted by molar-refractivity contribution is -0.143. The van der Waals surface area contributed by atoms with E-state index in [1.54, 1.807) is 7.05 Å². The van der Waals surface area contributed by atoms with Crippen LogP contribution in [-0.4, -0.2) is 42.6 Å². The molecule has 0 radical (unpaired) electrons. The van der Waals surface area contributed by atoms with Gasteiger partial charge in [-0.2, -0.15) is 0 Å². The number of amides is 1. The SMILES string of the molecule is CNC(=O)[C@@H]1CC[C@H]2[C@H](CCN2Cc2cccs2)O1. The van der Waals surface area contributed by atoms with Crippen LogP contribution in [0.3, 0.4) is 0 Å². The smallest absolute Gasteiger partial charge is 0.248 e. The van der Waals surface area contributed by atoms with Crippen LogP contribution in [0.1, 0.15) is 24.1 Å². The molecule has 3 heterocycles. The van der Waals surface area contributed by atoms with Gasteiger partial charge < -0.3 is 10.1 Å². The van der Waals surface area contributed by atoms with Crippen molar-refractivity contribution in [3.05, 3.63) is 22.4 Å². The summed E-state index contributed by atoms with van der Waals surface area (Å²) in [6.45, 7) is 2.10. The van der Waals surface area contributed by atoms with Crippen LogP contribution in [0.5, 0.6) is 0 Å². The van der Waals surface area contributed by atoms with E-state index in [9.17, 15) is 4.79 Å². The number of hydrogen-bond donors (Lipinski definition) is 1. The zero-order valence-electron chi connectivity index (χ0n) is 11.2. The molecule has 0 aliphatic carbocycles. The van der Waals surface area contributed by atoms with Gasteiger partial charge in [-0.05, 0) is 30.7 Å². The largest absolute Gasteiger partial charge is 0.363 e. The minimum atomic E-state index is -0.243. The monoisotopic (exact) mass is 280 g/mol. The average molecular weight is 280 g/mol. The van der Waals surface area contributed by atoms with Gasteiger partial charge in [-0.25, -0.2) is 0 Å². The molecule has 1 aromatic rings. The molecule has 1 N–H and O–H groups in total. The van der Waals surface area contributed by atoms with Crippen molar-refractivity contribution in [1.29, 1.82) is 0 Å². The number of likely N-dealkylation sites (N-methyl/N-ethyl adjacent to an activating group) is 1. The summed E-state index contributed by atoms with van der Waals surface area (Å²) < 4.78 is 5.96. The number of thiophene rings is 1. The van der Waals surface area contributed by atoms with Crippen LogP contribution in [0.4, 0.5) is 0 Å². The maximum absolute atomic E-state index is 11.6. The summed E-state index contributed by atoms with van der Waals surface area (Å²) in [7, 11) is 1.68. The molecule has 19 heavy (non-hydrogen) atoms. The van der Waals surface area contributed by atoms with Gasteiger partial charge in [0.25, 0.3) is 0 Å². The summed E-state index contributed by atoms with van der Waals surface area (Å²) in [5, 5.41) is 4.81. The van der Waals surface area contributed by atoms with Crippen molar-refractivity contribution < 1.29 is 9.53 Å². The maximum Gasteiger partial charge on any atom is 0.248 e. The van der Waals surface area contributed by atoms with Crippen LogP contribution in [0, 0.1) is 0 Å². The summed E-state index contributed by atoms with van der Waals surface area (Å²) >= 11 is 1.81. The molecule has 2 saturated heterocycles. The zero-order chi connectivity index (χ0) is 13.2. The van der Waals surface area contributed by atoms with Gasteiger partial charge in [0.2, 0.25) is 5.91 Å².